The number of ether oxygens (including phenoxy) is 2. The smallest absolute Gasteiger partial charge is 0.338 e. The number of hydrogen-bond acceptors (Lipinski definition) is 3. The first-order valence-corrected chi connectivity index (χ1v) is 6.17. The first-order chi connectivity index (χ1) is 8.29. The van der Waals surface area contributed by atoms with Crippen LogP contribution >= 0.6 is 0 Å². The number of carbonyl (C=O) groups excluding carboxylic acids is 1. The van der Waals surface area contributed by atoms with Gasteiger partial charge in [-0.25, -0.2) is 4.79 Å². The van der Waals surface area contributed by atoms with E-state index in [0.717, 1.165) is 25.9 Å². The Morgan fingerprint density at radius 3 is 2.76 bits per heavy atom. The summed E-state index contributed by atoms with van der Waals surface area (Å²) in [6.07, 6.45) is 3.12. The van der Waals surface area contributed by atoms with Crippen LogP contribution in [0.2, 0.25) is 0 Å². The predicted molar refractivity (Wildman–Crippen MR) is 65.1 cm³/mol. The van der Waals surface area contributed by atoms with E-state index in [9.17, 15) is 4.79 Å². The number of benzene rings is 1. The van der Waals surface area contributed by atoms with E-state index in [4.69, 9.17) is 9.47 Å². The number of rotatable bonds is 4. The third kappa shape index (κ3) is 3.30. The van der Waals surface area contributed by atoms with Crippen LogP contribution in [0.15, 0.2) is 24.3 Å². The Kier molecular flexibility index (Phi) is 4.15. The summed E-state index contributed by atoms with van der Waals surface area (Å²) in [4.78, 5) is 11.7. The average Bonchev–Trinajstić information content (AvgIpc) is 2.89. The Morgan fingerprint density at radius 1 is 1.41 bits per heavy atom. The minimum Gasteiger partial charge on any atom is -0.459 e. The van der Waals surface area contributed by atoms with Crippen LogP contribution in [0.4, 0.5) is 0 Å². The van der Waals surface area contributed by atoms with Gasteiger partial charge in [0.1, 0.15) is 6.61 Å². The van der Waals surface area contributed by atoms with Crippen LogP contribution in [0.5, 0.6) is 0 Å². The summed E-state index contributed by atoms with van der Waals surface area (Å²) in [5.74, 6) is -0.261. The van der Waals surface area contributed by atoms with Crippen LogP contribution in [0.25, 0.3) is 0 Å². The van der Waals surface area contributed by atoms with Crippen molar-refractivity contribution in [1.29, 1.82) is 0 Å². The average molecular weight is 234 g/mol. The molecule has 92 valence electrons. The highest BCUT2D eigenvalue weighted by atomic mass is 16.6. The lowest BCUT2D eigenvalue weighted by atomic mass is 10.1. The topological polar surface area (TPSA) is 35.5 Å². The molecule has 3 heteroatoms. The van der Waals surface area contributed by atoms with Crippen molar-refractivity contribution in [3.05, 3.63) is 35.4 Å². The molecule has 1 unspecified atom stereocenters. The first-order valence-electron chi connectivity index (χ1n) is 6.17. The van der Waals surface area contributed by atoms with E-state index >= 15 is 0 Å². The van der Waals surface area contributed by atoms with Crippen LogP contribution in [0.3, 0.4) is 0 Å². The van der Waals surface area contributed by atoms with Crippen molar-refractivity contribution in [1.82, 2.24) is 0 Å². The zero-order valence-electron chi connectivity index (χ0n) is 10.1. The van der Waals surface area contributed by atoms with E-state index in [0.29, 0.717) is 12.2 Å². The molecule has 17 heavy (non-hydrogen) atoms. The molecule has 1 saturated heterocycles. The normalized spacial score (nSPS) is 19.2. The van der Waals surface area contributed by atoms with Gasteiger partial charge in [-0.15, -0.1) is 0 Å². The van der Waals surface area contributed by atoms with Crippen LogP contribution < -0.4 is 0 Å². The molecule has 0 amide bonds. The standard InChI is InChI=1S/C14H18O3/c1-2-11-5-7-12(8-6-11)14(15)17-10-13-4-3-9-16-13/h5-8,13H,2-4,9-10H2,1H3. The van der Waals surface area contributed by atoms with E-state index in [1.54, 1.807) is 0 Å². The molecule has 3 nitrogen and oxygen atoms in total. The van der Waals surface area contributed by atoms with Gasteiger partial charge in [-0.05, 0) is 37.0 Å². The third-order valence-electron chi connectivity index (χ3n) is 3.02. The number of carbonyl (C=O) groups is 1. The highest BCUT2D eigenvalue weighted by Gasteiger charge is 2.17. The van der Waals surface area contributed by atoms with Gasteiger partial charge in [0.2, 0.25) is 0 Å². The zero-order valence-corrected chi connectivity index (χ0v) is 10.1. The maximum Gasteiger partial charge on any atom is 0.338 e. The summed E-state index contributed by atoms with van der Waals surface area (Å²) < 4.78 is 10.6. The molecular weight excluding hydrogens is 216 g/mol. The van der Waals surface area contributed by atoms with Crippen molar-refractivity contribution >= 4 is 5.97 Å². The molecule has 1 heterocycles. The largest absolute Gasteiger partial charge is 0.459 e. The fourth-order valence-corrected chi connectivity index (χ4v) is 1.90. The SMILES string of the molecule is CCc1ccc(C(=O)OCC2CCCO2)cc1. The molecule has 0 bridgehead atoms. The summed E-state index contributed by atoms with van der Waals surface area (Å²) in [5, 5.41) is 0. The molecule has 0 radical (unpaired) electrons. The van der Waals surface area contributed by atoms with Gasteiger partial charge in [0.25, 0.3) is 0 Å². The van der Waals surface area contributed by atoms with E-state index < -0.39 is 0 Å². The second-order valence-electron chi connectivity index (χ2n) is 4.28. The number of hydrogen-bond donors (Lipinski definition) is 0. The van der Waals surface area contributed by atoms with Gasteiger partial charge < -0.3 is 9.47 Å². The van der Waals surface area contributed by atoms with E-state index in [2.05, 4.69) is 6.92 Å². The molecular formula is C14H18O3. The highest BCUT2D eigenvalue weighted by molar-refractivity contribution is 5.89. The Labute approximate surface area is 102 Å². The lowest BCUT2D eigenvalue weighted by Crippen LogP contribution is -2.17. The monoisotopic (exact) mass is 234 g/mol. The van der Waals surface area contributed by atoms with E-state index in [1.165, 1.54) is 5.56 Å². The Bertz CT molecular complexity index is 364. The summed E-state index contributed by atoms with van der Waals surface area (Å²) in [6, 6.07) is 7.55. The van der Waals surface area contributed by atoms with Gasteiger partial charge in [0.05, 0.1) is 11.7 Å². The van der Waals surface area contributed by atoms with Crippen molar-refractivity contribution in [2.45, 2.75) is 32.3 Å². The quantitative estimate of drug-likeness (QED) is 0.751. The fourth-order valence-electron chi connectivity index (χ4n) is 1.90. The van der Waals surface area contributed by atoms with E-state index in [-0.39, 0.29) is 12.1 Å². The minimum absolute atomic E-state index is 0.0915. The fraction of sp³-hybridized carbons (Fsp3) is 0.500. The van der Waals surface area contributed by atoms with Gasteiger partial charge in [0, 0.05) is 6.61 Å². The minimum atomic E-state index is -0.261. The van der Waals surface area contributed by atoms with Gasteiger partial charge in [-0.2, -0.15) is 0 Å². The van der Waals surface area contributed by atoms with Crippen LogP contribution in [0, 0.1) is 0 Å². The van der Waals surface area contributed by atoms with Crippen LogP contribution in [-0.2, 0) is 15.9 Å². The second-order valence-corrected chi connectivity index (χ2v) is 4.28. The molecule has 1 aliphatic heterocycles. The number of aryl methyl sites for hydroxylation is 1. The van der Waals surface area contributed by atoms with Crippen molar-refractivity contribution < 1.29 is 14.3 Å². The molecule has 1 atom stereocenters. The first kappa shape index (κ1) is 12.1. The lowest BCUT2D eigenvalue weighted by molar-refractivity contribution is 0.0161. The lowest BCUT2D eigenvalue weighted by Gasteiger charge is -2.10. The van der Waals surface area contributed by atoms with Gasteiger partial charge in [0.15, 0.2) is 0 Å². The van der Waals surface area contributed by atoms with Crippen molar-refractivity contribution in [3.8, 4) is 0 Å². The van der Waals surface area contributed by atoms with Crippen molar-refractivity contribution in [3.63, 3.8) is 0 Å². The Balaban J connectivity index is 1.85. The molecule has 1 aliphatic rings. The van der Waals surface area contributed by atoms with Gasteiger partial charge in [-0.3, -0.25) is 0 Å². The molecule has 1 aromatic rings. The molecule has 1 fully saturated rings. The molecule has 0 N–H and O–H groups in total. The summed E-state index contributed by atoms with van der Waals surface area (Å²) in [7, 11) is 0. The molecule has 0 spiro atoms. The summed E-state index contributed by atoms with van der Waals surface area (Å²) in [5.41, 5.74) is 1.83. The maximum absolute atomic E-state index is 11.7. The highest BCUT2D eigenvalue weighted by Crippen LogP contribution is 2.13. The Morgan fingerprint density at radius 2 is 2.18 bits per heavy atom. The molecule has 1 aromatic carbocycles. The molecule has 0 aromatic heterocycles. The third-order valence-corrected chi connectivity index (χ3v) is 3.02. The zero-order chi connectivity index (χ0) is 12.1. The molecule has 2 rings (SSSR count). The molecule has 0 aliphatic carbocycles. The second kappa shape index (κ2) is 5.82. The summed E-state index contributed by atoms with van der Waals surface area (Å²) in [6.45, 7) is 3.24. The molecule has 0 saturated carbocycles. The summed E-state index contributed by atoms with van der Waals surface area (Å²) >= 11 is 0. The predicted octanol–water partition coefficient (Wildman–Crippen LogP) is 2.58. The van der Waals surface area contributed by atoms with E-state index in [1.807, 2.05) is 24.3 Å². The maximum atomic E-state index is 11.7. The van der Waals surface area contributed by atoms with Crippen LogP contribution in [0.1, 0.15) is 35.7 Å². The Hall–Kier alpha value is -1.35. The van der Waals surface area contributed by atoms with Crippen LogP contribution in [-0.4, -0.2) is 25.3 Å². The number of esters is 1. The van der Waals surface area contributed by atoms with Gasteiger partial charge >= 0.3 is 5.97 Å². The van der Waals surface area contributed by atoms with Crippen molar-refractivity contribution in [2.75, 3.05) is 13.2 Å². The van der Waals surface area contributed by atoms with Crippen molar-refractivity contribution in [2.24, 2.45) is 0 Å². The van der Waals surface area contributed by atoms with Gasteiger partial charge in [-0.1, -0.05) is 19.1 Å².